The maximum atomic E-state index is 11.1. The Hall–Kier alpha value is 0.496. The number of aromatic nitrogens is 1. The molecule has 0 radical (unpaired) electrons. The molecule has 76 valence electrons. The van der Waals surface area contributed by atoms with Crippen LogP contribution in [0.5, 0.6) is 0 Å². The van der Waals surface area contributed by atoms with Gasteiger partial charge in [0.25, 0.3) is 0 Å². The standard InChI is InChI=1S/C7H6ClNO4S.K/c1-14(12,13)4-2-3-5(8)9-6(4)7(10)11;/h2-3H,1H3,(H,10,11);/q;+1/p-1. The minimum atomic E-state index is -3.64. The summed E-state index contributed by atoms with van der Waals surface area (Å²) in [4.78, 5) is 13.5. The Labute approximate surface area is 134 Å². The largest absolute Gasteiger partial charge is 1.00 e. The molecule has 8 heteroatoms. The van der Waals surface area contributed by atoms with E-state index in [1.165, 1.54) is 6.07 Å². The van der Waals surface area contributed by atoms with E-state index in [9.17, 15) is 18.3 Å². The van der Waals surface area contributed by atoms with Crippen molar-refractivity contribution in [2.24, 2.45) is 0 Å². The number of nitrogens with zero attached hydrogens (tertiary/aromatic N) is 1. The first-order valence-corrected chi connectivity index (χ1v) is 5.67. The van der Waals surface area contributed by atoms with E-state index in [0.717, 1.165) is 12.3 Å². The van der Waals surface area contributed by atoms with Crippen molar-refractivity contribution in [3.8, 4) is 0 Å². The summed E-state index contributed by atoms with van der Waals surface area (Å²) in [6.45, 7) is 0. The van der Waals surface area contributed by atoms with Gasteiger partial charge in [-0.15, -0.1) is 0 Å². The van der Waals surface area contributed by atoms with Gasteiger partial charge >= 0.3 is 51.4 Å². The summed E-state index contributed by atoms with van der Waals surface area (Å²) < 4.78 is 22.2. The van der Waals surface area contributed by atoms with Crippen LogP contribution in [0.1, 0.15) is 10.5 Å². The molecule has 0 saturated carbocycles. The number of hydrogen-bond acceptors (Lipinski definition) is 5. The second-order valence-corrected chi connectivity index (χ2v) is 4.91. The first kappa shape index (κ1) is 15.5. The van der Waals surface area contributed by atoms with Crippen LogP contribution in [0, 0.1) is 0 Å². The van der Waals surface area contributed by atoms with Crippen LogP contribution in [-0.4, -0.2) is 25.6 Å². The molecule has 0 atom stereocenters. The van der Waals surface area contributed by atoms with Crippen LogP contribution in [0.15, 0.2) is 17.0 Å². The molecule has 0 fully saturated rings. The quantitative estimate of drug-likeness (QED) is 0.412. The summed E-state index contributed by atoms with van der Waals surface area (Å²) in [5.74, 6) is -1.67. The van der Waals surface area contributed by atoms with Crippen LogP contribution >= 0.6 is 11.6 Å². The number of carboxylic acid groups (broad SMARTS) is 1. The van der Waals surface area contributed by atoms with Crippen molar-refractivity contribution in [2.75, 3.05) is 6.26 Å². The molecule has 1 aromatic heterocycles. The van der Waals surface area contributed by atoms with E-state index >= 15 is 0 Å². The first-order chi connectivity index (χ1) is 6.32. The van der Waals surface area contributed by atoms with Gasteiger partial charge in [-0.05, 0) is 12.1 Å². The van der Waals surface area contributed by atoms with Gasteiger partial charge in [-0.2, -0.15) is 0 Å². The van der Waals surface area contributed by atoms with Crippen molar-refractivity contribution in [2.45, 2.75) is 4.90 Å². The van der Waals surface area contributed by atoms with E-state index in [1.807, 2.05) is 0 Å². The van der Waals surface area contributed by atoms with Crippen molar-refractivity contribution in [1.82, 2.24) is 4.98 Å². The monoisotopic (exact) mass is 273 g/mol. The number of hydrogen-bond donors (Lipinski definition) is 0. The normalized spacial score (nSPS) is 10.5. The molecule has 1 heterocycles. The number of pyridine rings is 1. The third kappa shape index (κ3) is 4.10. The van der Waals surface area contributed by atoms with Crippen molar-refractivity contribution >= 4 is 27.4 Å². The topological polar surface area (TPSA) is 87.2 Å². The summed E-state index contributed by atoms with van der Waals surface area (Å²) in [7, 11) is -3.64. The molecule has 0 aliphatic heterocycles. The molecule has 1 rings (SSSR count). The molecule has 15 heavy (non-hydrogen) atoms. The maximum Gasteiger partial charge on any atom is 1.00 e. The SMILES string of the molecule is CS(=O)(=O)c1ccc(Cl)nc1C(=O)[O-].[K+]. The second kappa shape index (κ2) is 5.71. The molecule has 0 aromatic carbocycles. The minimum absolute atomic E-state index is 0. The second-order valence-electron chi connectivity index (χ2n) is 2.54. The predicted molar refractivity (Wildman–Crippen MR) is 46.7 cm³/mol. The van der Waals surface area contributed by atoms with Gasteiger partial charge in [0.2, 0.25) is 0 Å². The van der Waals surface area contributed by atoms with Crippen LogP contribution in [0.25, 0.3) is 0 Å². The third-order valence-corrected chi connectivity index (χ3v) is 2.76. The van der Waals surface area contributed by atoms with Crippen LogP contribution in [0.2, 0.25) is 5.15 Å². The molecule has 0 bridgehead atoms. The minimum Gasteiger partial charge on any atom is -0.543 e. The van der Waals surface area contributed by atoms with Crippen LogP contribution in [-0.2, 0) is 9.84 Å². The van der Waals surface area contributed by atoms with Crippen LogP contribution in [0.4, 0.5) is 0 Å². The smallest absolute Gasteiger partial charge is 0.543 e. The van der Waals surface area contributed by atoms with E-state index in [4.69, 9.17) is 11.6 Å². The summed E-state index contributed by atoms with van der Waals surface area (Å²) >= 11 is 5.41. The van der Waals surface area contributed by atoms with Crippen molar-refractivity contribution in [3.05, 3.63) is 23.0 Å². The van der Waals surface area contributed by atoms with E-state index in [0.29, 0.717) is 0 Å². The fourth-order valence-corrected chi connectivity index (χ4v) is 1.81. The summed E-state index contributed by atoms with van der Waals surface area (Å²) in [5, 5.41) is 10.4. The summed E-state index contributed by atoms with van der Waals surface area (Å²) in [5.41, 5.74) is -0.667. The zero-order valence-corrected chi connectivity index (χ0v) is 12.7. The fourth-order valence-electron chi connectivity index (χ4n) is 0.868. The van der Waals surface area contributed by atoms with Gasteiger partial charge < -0.3 is 9.90 Å². The third-order valence-electron chi connectivity index (χ3n) is 1.42. The summed E-state index contributed by atoms with van der Waals surface area (Å²) in [6, 6.07) is 2.28. The Kier molecular flexibility index (Phi) is 5.90. The summed E-state index contributed by atoms with van der Waals surface area (Å²) in [6.07, 6.45) is 0.879. The Morgan fingerprint density at radius 1 is 1.47 bits per heavy atom. The number of aromatic carboxylic acids is 1. The molecule has 5 nitrogen and oxygen atoms in total. The van der Waals surface area contributed by atoms with Gasteiger partial charge in [-0.25, -0.2) is 13.4 Å². The number of carbonyl (C=O) groups is 1. The Balaban J connectivity index is 0.00000196. The van der Waals surface area contributed by atoms with Crippen molar-refractivity contribution < 1.29 is 69.7 Å². The molecular weight excluding hydrogens is 269 g/mol. The first-order valence-electron chi connectivity index (χ1n) is 3.40. The molecule has 0 amide bonds. The average molecular weight is 274 g/mol. The van der Waals surface area contributed by atoms with Crippen molar-refractivity contribution in [3.63, 3.8) is 0 Å². The number of sulfone groups is 1. The molecule has 1 aromatic rings. The Morgan fingerprint density at radius 2 is 2.00 bits per heavy atom. The van der Waals surface area contributed by atoms with Gasteiger partial charge in [-0.3, -0.25) is 0 Å². The number of carbonyl (C=O) groups excluding carboxylic acids is 1. The Morgan fingerprint density at radius 3 is 2.40 bits per heavy atom. The van der Waals surface area contributed by atoms with E-state index in [1.54, 1.807) is 0 Å². The van der Waals surface area contributed by atoms with Gasteiger partial charge in [0, 0.05) is 6.26 Å². The Bertz CT molecular complexity index is 488. The van der Waals surface area contributed by atoms with Gasteiger partial charge in [0.1, 0.15) is 10.8 Å². The molecule has 0 saturated heterocycles. The molecule has 0 aliphatic rings. The molecule has 0 aliphatic carbocycles. The zero-order chi connectivity index (χ0) is 10.9. The average Bonchev–Trinajstić information content (AvgIpc) is 2.01. The van der Waals surface area contributed by atoms with Crippen LogP contribution < -0.4 is 56.5 Å². The van der Waals surface area contributed by atoms with E-state index in [-0.39, 0.29) is 56.5 Å². The van der Waals surface area contributed by atoms with Gasteiger partial charge in [0.15, 0.2) is 9.84 Å². The fraction of sp³-hybridized carbons (Fsp3) is 0.143. The van der Waals surface area contributed by atoms with E-state index < -0.39 is 26.4 Å². The molecule has 0 N–H and O–H groups in total. The number of rotatable bonds is 2. The van der Waals surface area contributed by atoms with E-state index in [2.05, 4.69) is 4.98 Å². The molecule has 0 spiro atoms. The number of carboxylic acids is 1. The molecular formula is C7H5ClKNO4S. The molecule has 0 unspecified atom stereocenters. The number of halogens is 1. The van der Waals surface area contributed by atoms with Gasteiger partial charge in [-0.1, -0.05) is 11.6 Å². The van der Waals surface area contributed by atoms with Gasteiger partial charge in [0.05, 0.1) is 10.9 Å². The van der Waals surface area contributed by atoms with Crippen molar-refractivity contribution in [1.29, 1.82) is 0 Å². The predicted octanol–water partition coefficient (Wildman–Crippen LogP) is -3.49. The maximum absolute atomic E-state index is 11.1. The zero-order valence-electron chi connectivity index (χ0n) is 8.02. The van der Waals surface area contributed by atoms with Crippen LogP contribution in [0.3, 0.4) is 0 Å².